The number of ether oxygens (including phenoxy) is 1. The second-order valence-electron chi connectivity index (χ2n) is 7.35. The molecular weight excluding hydrogens is 438 g/mol. The van der Waals surface area contributed by atoms with Crippen molar-refractivity contribution in [1.29, 1.82) is 0 Å². The summed E-state index contributed by atoms with van der Waals surface area (Å²) in [5.74, 6) is 0.842. The molecule has 1 saturated heterocycles. The number of carbonyl (C=O) groups is 1. The van der Waals surface area contributed by atoms with Gasteiger partial charge in [0, 0.05) is 46.9 Å². The van der Waals surface area contributed by atoms with Crippen LogP contribution in [0.15, 0.2) is 65.7 Å². The second-order valence-corrected chi connectivity index (χ2v) is 9.35. The zero-order valence-electron chi connectivity index (χ0n) is 16.7. The van der Waals surface area contributed by atoms with E-state index in [-0.39, 0.29) is 23.1 Å². The van der Waals surface area contributed by atoms with Gasteiger partial charge in [0.15, 0.2) is 0 Å². The fourth-order valence-electron chi connectivity index (χ4n) is 3.60. The van der Waals surface area contributed by atoms with Gasteiger partial charge in [0.25, 0.3) is 0 Å². The Bertz CT molecular complexity index is 1250. The van der Waals surface area contributed by atoms with E-state index in [4.69, 9.17) is 21.5 Å². The van der Waals surface area contributed by atoms with Gasteiger partial charge < -0.3 is 9.64 Å². The third-order valence-corrected chi connectivity index (χ3v) is 6.35. The van der Waals surface area contributed by atoms with Gasteiger partial charge >= 0.3 is 0 Å². The Morgan fingerprint density at radius 3 is 2.58 bits per heavy atom. The predicted octanol–water partition coefficient (Wildman–Crippen LogP) is 4.00. The number of primary sulfonamides is 1. The van der Waals surface area contributed by atoms with Crippen molar-refractivity contribution >= 4 is 33.2 Å². The fourth-order valence-corrected chi connectivity index (χ4v) is 4.27. The SMILES string of the molecule is Cc1cccnc1Oc1cc(Cl)ccc1[C@H]1CC(=O)N(c2ccc(S(N)(=O)=O)cc2)C1. The van der Waals surface area contributed by atoms with E-state index in [9.17, 15) is 13.2 Å². The summed E-state index contributed by atoms with van der Waals surface area (Å²) >= 11 is 6.20. The maximum absolute atomic E-state index is 12.7. The van der Waals surface area contributed by atoms with Crippen LogP contribution in [0.1, 0.15) is 23.5 Å². The summed E-state index contributed by atoms with van der Waals surface area (Å²) in [6.07, 6.45) is 1.94. The van der Waals surface area contributed by atoms with Crippen molar-refractivity contribution in [2.45, 2.75) is 24.2 Å². The van der Waals surface area contributed by atoms with E-state index in [0.29, 0.717) is 28.9 Å². The molecule has 1 aromatic heterocycles. The van der Waals surface area contributed by atoms with Gasteiger partial charge in [-0.15, -0.1) is 0 Å². The molecule has 0 aliphatic carbocycles. The largest absolute Gasteiger partial charge is 0.438 e. The molecular formula is C22H20ClN3O4S. The molecule has 1 fully saturated rings. The number of nitrogens with two attached hydrogens (primary N) is 1. The van der Waals surface area contributed by atoms with Gasteiger partial charge in [0.05, 0.1) is 4.90 Å². The van der Waals surface area contributed by atoms with E-state index >= 15 is 0 Å². The number of sulfonamides is 1. The fraction of sp³-hybridized carbons (Fsp3) is 0.182. The molecule has 2 N–H and O–H groups in total. The number of rotatable bonds is 5. The minimum absolute atomic E-state index is 0.00133. The number of hydrogen-bond acceptors (Lipinski definition) is 5. The topological polar surface area (TPSA) is 103 Å². The highest BCUT2D eigenvalue weighted by atomic mass is 35.5. The van der Waals surface area contributed by atoms with Crippen molar-refractivity contribution in [3.8, 4) is 11.6 Å². The number of aryl methyl sites for hydroxylation is 1. The van der Waals surface area contributed by atoms with Crippen LogP contribution < -0.4 is 14.8 Å². The van der Waals surface area contributed by atoms with Gasteiger partial charge in [0.1, 0.15) is 5.75 Å². The molecule has 4 rings (SSSR count). The summed E-state index contributed by atoms with van der Waals surface area (Å²) in [5.41, 5.74) is 2.34. The van der Waals surface area contributed by atoms with E-state index in [2.05, 4.69) is 4.98 Å². The van der Waals surface area contributed by atoms with Crippen molar-refractivity contribution in [1.82, 2.24) is 4.98 Å². The highest BCUT2D eigenvalue weighted by Gasteiger charge is 2.33. The number of benzene rings is 2. The Labute approximate surface area is 185 Å². The molecule has 0 spiro atoms. The number of amides is 1. The maximum Gasteiger partial charge on any atom is 0.238 e. The first-order chi connectivity index (χ1) is 14.7. The number of nitrogens with zero attached hydrogens (tertiary/aromatic N) is 2. The second kappa shape index (κ2) is 8.30. The van der Waals surface area contributed by atoms with Crippen molar-refractivity contribution < 1.29 is 17.9 Å². The summed E-state index contributed by atoms with van der Waals surface area (Å²) < 4.78 is 29.0. The molecule has 1 atom stereocenters. The predicted molar refractivity (Wildman–Crippen MR) is 118 cm³/mol. The number of pyridine rings is 1. The lowest BCUT2D eigenvalue weighted by Crippen LogP contribution is -2.24. The smallest absolute Gasteiger partial charge is 0.238 e. The van der Waals surface area contributed by atoms with Gasteiger partial charge in [-0.1, -0.05) is 23.7 Å². The quantitative estimate of drug-likeness (QED) is 0.623. The number of anilines is 1. The van der Waals surface area contributed by atoms with Crippen LogP contribution in [-0.2, 0) is 14.8 Å². The molecule has 0 unspecified atom stereocenters. The van der Waals surface area contributed by atoms with Crippen LogP contribution in [0.25, 0.3) is 0 Å². The van der Waals surface area contributed by atoms with Crippen molar-refractivity contribution in [2.75, 3.05) is 11.4 Å². The van der Waals surface area contributed by atoms with E-state index in [0.717, 1.165) is 11.1 Å². The zero-order chi connectivity index (χ0) is 22.2. The Balaban J connectivity index is 1.61. The zero-order valence-corrected chi connectivity index (χ0v) is 18.2. The van der Waals surface area contributed by atoms with Crippen LogP contribution in [0.5, 0.6) is 11.6 Å². The molecule has 0 radical (unpaired) electrons. The van der Waals surface area contributed by atoms with Crippen LogP contribution in [-0.4, -0.2) is 25.9 Å². The van der Waals surface area contributed by atoms with Gasteiger partial charge in [-0.3, -0.25) is 4.79 Å². The lowest BCUT2D eigenvalue weighted by Gasteiger charge is -2.19. The molecule has 31 heavy (non-hydrogen) atoms. The van der Waals surface area contributed by atoms with E-state index in [1.807, 2.05) is 25.1 Å². The summed E-state index contributed by atoms with van der Waals surface area (Å²) in [4.78, 5) is 18.6. The highest BCUT2D eigenvalue weighted by molar-refractivity contribution is 7.89. The molecule has 0 saturated carbocycles. The Kier molecular flexibility index (Phi) is 5.70. The minimum atomic E-state index is -3.79. The molecule has 7 nitrogen and oxygen atoms in total. The Morgan fingerprint density at radius 1 is 1.16 bits per heavy atom. The van der Waals surface area contributed by atoms with Crippen LogP contribution >= 0.6 is 11.6 Å². The Hall–Kier alpha value is -2.94. The summed E-state index contributed by atoms with van der Waals surface area (Å²) in [5, 5.41) is 5.67. The molecule has 160 valence electrons. The molecule has 2 heterocycles. The number of hydrogen-bond donors (Lipinski definition) is 1. The molecule has 9 heteroatoms. The first-order valence-corrected chi connectivity index (χ1v) is 11.5. The summed E-state index contributed by atoms with van der Waals surface area (Å²) in [6.45, 7) is 2.32. The molecule has 1 aliphatic heterocycles. The number of carbonyl (C=O) groups excluding carboxylic acids is 1. The standard InChI is InChI=1S/C22H20ClN3O4S/c1-14-3-2-10-25-22(14)30-20-12-16(23)4-9-19(20)15-11-21(27)26(13-15)17-5-7-18(8-6-17)31(24,28)29/h2-10,12,15H,11,13H2,1H3,(H2,24,28,29)/t15-/m0/s1. The lowest BCUT2D eigenvalue weighted by molar-refractivity contribution is -0.117. The summed E-state index contributed by atoms with van der Waals surface area (Å²) in [7, 11) is -3.79. The Morgan fingerprint density at radius 2 is 1.90 bits per heavy atom. The van der Waals surface area contributed by atoms with Crippen LogP contribution in [0, 0.1) is 6.92 Å². The van der Waals surface area contributed by atoms with Gasteiger partial charge in [-0.05, 0) is 49.4 Å². The molecule has 0 bridgehead atoms. The van der Waals surface area contributed by atoms with E-state index < -0.39 is 10.0 Å². The van der Waals surface area contributed by atoms with Crippen LogP contribution in [0.4, 0.5) is 5.69 Å². The average Bonchev–Trinajstić information content (AvgIpc) is 3.11. The average molecular weight is 458 g/mol. The first kappa shape index (κ1) is 21.3. The number of aromatic nitrogens is 1. The van der Waals surface area contributed by atoms with Gasteiger partial charge in [-0.2, -0.15) is 0 Å². The normalized spacial score (nSPS) is 16.5. The van der Waals surface area contributed by atoms with Crippen LogP contribution in [0.3, 0.4) is 0 Å². The molecule has 1 amide bonds. The third kappa shape index (κ3) is 4.56. The highest BCUT2D eigenvalue weighted by Crippen LogP contribution is 2.39. The van der Waals surface area contributed by atoms with E-state index in [1.165, 1.54) is 12.1 Å². The number of halogens is 1. The van der Waals surface area contributed by atoms with Crippen molar-refractivity contribution in [2.24, 2.45) is 5.14 Å². The lowest BCUT2D eigenvalue weighted by atomic mass is 9.97. The molecule has 3 aromatic rings. The maximum atomic E-state index is 12.7. The summed E-state index contributed by atoms with van der Waals surface area (Å²) in [6, 6.07) is 15.0. The van der Waals surface area contributed by atoms with Crippen LogP contribution in [0.2, 0.25) is 5.02 Å². The first-order valence-electron chi connectivity index (χ1n) is 9.54. The van der Waals surface area contributed by atoms with Gasteiger partial charge in [0.2, 0.25) is 21.8 Å². The van der Waals surface area contributed by atoms with Gasteiger partial charge in [-0.25, -0.2) is 18.5 Å². The molecule has 1 aliphatic rings. The van der Waals surface area contributed by atoms with E-state index in [1.54, 1.807) is 35.4 Å². The minimum Gasteiger partial charge on any atom is -0.438 e. The monoisotopic (exact) mass is 457 g/mol. The third-order valence-electron chi connectivity index (χ3n) is 5.19. The van der Waals surface area contributed by atoms with Crippen molar-refractivity contribution in [3.05, 3.63) is 76.9 Å². The van der Waals surface area contributed by atoms with Crippen molar-refractivity contribution in [3.63, 3.8) is 0 Å². The molecule has 2 aromatic carbocycles.